The summed E-state index contributed by atoms with van der Waals surface area (Å²) in [6.07, 6.45) is -2.03. The number of hydrogen-bond acceptors (Lipinski definition) is 9. The minimum Gasteiger partial charge on any atom is -0.443 e. The Bertz CT molecular complexity index is 2230. The SMILES string of the molecule is CN1CCC(N(C)c2ccc(NC(=O)Cc3cccc(C#Cc4cnc(N)nc4-c4cc5c(n4C)CCN(C(=O)OC(C)(C)C)C5=O)c3)cc2C(F)(F)F)CC1. The van der Waals surface area contributed by atoms with E-state index in [9.17, 15) is 27.6 Å². The maximum atomic E-state index is 14.3. The summed E-state index contributed by atoms with van der Waals surface area (Å²) in [4.78, 5) is 52.8. The molecule has 0 saturated carbocycles. The second kappa shape index (κ2) is 15.7. The lowest BCUT2D eigenvalue weighted by Crippen LogP contribution is -2.44. The summed E-state index contributed by atoms with van der Waals surface area (Å²) in [5, 5.41) is 2.63. The molecule has 4 heterocycles. The number of halogens is 3. The quantitative estimate of drug-likeness (QED) is 0.222. The highest BCUT2D eigenvalue weighted by molar-refractivity contribution is 6.05. The maximum absolute atomic E-state index is 14.3. The number of nitrogens with zero attached hydrogens (tertiary/aromatic N) is 6. The molecule has 12 nitrogen and oxygen atoms in total. The van der Waals surface area contributed by atoms with Gasteiger partial charge in [-0.25, -0.2) is 19.7 Å². The summed E-state index contributed by atoms with van der Waals surface area (Å²) >= 11 is 0. The van der Waals surface area contributed by atoms with Crippen molar-refractivity contribution in [1.29, 1.82) is 0 Å². The number of carbonyl (C=O) groups is 3. The number of fused-ring (bicyclic) bond motifs is 1. The molecule has 2 aliphatic heterocycles. The number of anilines is 3. The fourth-order valence-corrected chi connectivity index (χ4v) is 7.01. The van der Waals surface area contributed by atoms with Gasteiger partial charge >= 0.3 is 12.3 Å². The summed E-state index contributed by atoms with van der Waals surface area (Å²) in [7, 11) is 5.48. The summed E-state index contributed by atoms with van der Waals surface area (Å²) in [5.74, 6) is 5.19. The van der Waals surface area contributed by atoms with Crippen molar-refractivity contribution >= 4 is 35.2 Å². The van der Waals surface area contributed by atoms with E-state index in [1.54, 1.807) is 70.1 Å². The van der Waals surface area contributed by atoms with E-state index < -0.39 is 35.2 Å². The van der Waals surface area contributed by atoms with Gasteiger partial charge in [0.25, 0.3) is 5.91 Å². The number of likely N-dealkylation sites (tertiary alicyclic amines) is 1. The van der Waals surface area contributed by atoms with Crippen molar-refractivity contribution < 1.29 is 32.3 Å². The Labute approximate surface area is 323 Å². The maximum Gasteiger partial charge on any atom is 0.418 e. The first-order valence-corrected chi connectivity index (χ1v) is 18.3. The number of carbonyl (C=O) groups excluding carboxylic acids is 3. The largest absolute Gasteiger partial charge is 0.443 e. The molecule has 2 aromatic carbocycles. The van der Waals surface area contributed by atoms with Crippen LogP contribution >= 0.6 is 0 Å². The average molecular weight is 771 g/mol. The number of aromatic nitrogens is 3. The highest BCUT2D eigenvalue weighted by Gasteiger charge is 2.37. The van der Waals surface area contributed by atoms with Crippen LogP contribution < -0.4 is 16.0 Å². The molecule has 1 saturated heterocycles. The number of alkyl halides is 3. The van der Waals surface area contributed by atoms with Crippen molar-refractivity contribution in [3.63, 3.8) is 0 Å². The van der Waals surface area contributed by atoms with Gasteiger partial charge in [0, 0.05) is 61.9 Å². The molecular formula is C41H45F3N8O4. The normalized spacial score (nSPS) is 15.2. The second-order valence-corrected chi connectivity index (χ2v) is 15.2. The van der Waals surface area contributed by atoms with E-state index in [-0.39, 0.29) is 36.3 Å². The number of rotatable bonds is 6. The third kappa shape index (κ3) is 8.97. The van der Waals surface area contributed by atoms with Gasteiger partial charge in [-0.3, -0.25) is 9.59 Å². The predicted octanol–water partition coefficient (Wildman–Crippen LogP) is 6.13. The van der Waals surface area contributed by atoms with Crippen molar-refractivity contribution in [2.75, 3.05) is 49.7 Å². The van der Waals surface area contributed by atoms with Gasteiger partial charge in [0.15, 0.2) is 0 Å². The van der Waals surface area contributed by atoms with Crippen LogP contribution in [0.5, 0.6) is 0 Å². The lowest BCUT2D eigenvalue weighted by Gasteiger charge is -2.37. The standard InChI is InChI=1S/C41H45F3N8O4/c1-40(2,3)56-39(55)52-19-16-32-30(37(52)54)23-34(51(32)6)36-27(24-46-38(45)48-36)11-10-25-8-7-9-26(20-25)21-35(53)47-28-12-13-33(31(22-28)41(42,43)44)50(5)29-14-17-49(4)18-15-29/h7-9,12-13,20,22-24,29H,14-19,21H2,1-6H3,(H,47,53)(H2,45,46,48). The molecule has 2 aromatic heterocycles. The van der Waals surface area contributed by atoms with Crippen molar-refractivity contribution in [1.82, 2.24) is 24.3 Å². The number of piperidine rings is 1. The Kier molecular flexibility index (Phi) is 11.2. The Morgan fingerprint density at radius 1 is 1.04 bits per heavy atom. The van der Waals surface area contributed by atoms with Gasteiger partial charge in [0.1, 0.15) is 11.3 Å². The molecular weight excluding hydrogens is 725 g/mol. The van der Waals surface area contributed by atoms with E-state index >= 15 is 0 Å². The molecule has 0 radical (unpaired) electrons. The number of nitrogens with two attached hydrogens (primary N) is 1. The zero-order valence-corrected chi connectivity index (χ0v) is 32.3. The predicted molar refractivity (Wildman–Crippen MR) is 207 cm³/mol. The van der Waals surface area contributed by atoms with E-state index in [0.717, 1.165) is 42.6 Å². The first-order valence-electron chi connectivity index (χ1n) is 18.3. The number of hydrogen-bond donors (Lipinski definition) is 2. The molecule has 0 unspecified atom stereocenters. The first-order chi connectivity index (χ1) is 26.4. The molecule has 1 fully saturated rings. The second-order valence-electron chi connectivity index (χ2n) is 15.2. The molecule has 0 atom stereocenters. The molecule has 2 aliphatic rings. The zero-order valence-electron chi connectivity index (χ0n) is 32.3. The number of benzene rings is 2. The van der Waals surface area contributed by atoms with Crippen LogP contribution in [-0.4, -0.2) is 87.6 Å². The van der Waals surface area contributed by atoms with Gasteiger partial charge in [-0.15, -0.1) is 0 Å². The number of amides is 3. The molecule has 4 aromatic rings. The number of ether oxygens (including phenoxy) is 1. The lowest BCUT2D eigenvalue weighted by molar-refractivity contribution is -0.137. The van der Waals surface area contributed by atoms with Crippen LogP contribution in [0.25, 0.3) is 11.4 Å². The number of nitrogens with one attached hydrogen (secondary N) is 1. The number of imide groups is 1. The van der Waals surface area contributed by atoms with E-state index in [1.165, 1.54) is 18.3 Å². The summed E-state index contributed by atoms with van der Waals surface area (Å²) in [5.41, 5.74) is 8.12. The molecule has 0 spiro atoms. The fraction of sp³-hybridized carbons (Fsp3) is 0.390. The van der Waals surface area contributed by atoms with Gasteiger partial charge in [0.05, 0.1) is 28.8 Å². The lowest BCUT2D eigenvalue weighted by atomic mass is 10.0. The average Bonchev–Trinajstić information content (AvgIpc) is 3.46. The van der Waals surface area contributed by atoms with Crippen molar-refractivity contribution in [3.8, 4) is 23.2 Å². The smallest absolute Gasteiger partial charge is 0.418 e. The van der Waals surface area contributed by atoms with Crippen LogP contribution in [0.2, 0.25) is 0 Å². The summed E-state index contributed by atoms with van der Waals surface area (Å²) in [6, 6.07) is 12.5. The Morgan fingerprint density at radius 2 is 1.77 bits per heavy atom. The summed E-state index contributed by atoms with van der Waals surface area (Å²) in [6.45, 7) is 6.97. The third-order valence-electron chi connectivity index (χ3n) is 9.90. The molecule has 294 valence electrons. The molecule has 6 rings (SSSR count). The molecule has 3 N–H and O–H groups in total. The van der Waals surface area contributed by atoms with Crippen LogP contribution in [0.1, 0.15) is 71.9 Å². The van der Waals surface area contributed by atoms with Crippen molar-refractivity contribution in [3.05, 3.63) is 88.2 Å². The van der Waals surface area contributed by atoms with Crippen molar-refractivity contribution in [2.45, 2.75) is 64.3 Å². The molecule has 56 heavy (non-hydrogen) atoms. The van der Waals surface area contributed by atoms with Gasteiger partial charge in [-0.05, 0) is 95.7 Å². The monoisotopic (exact) mass is 770 g/mol. The zero-order chi connectivity index (χ0) is 40.5. The van der Waals surface area contributed by atoms with Gasteiger partial charge in [-0.2, -0.15) is 13.2 Å². The van der Waals surface area contributed by atoms with Crippen LogP contribution in [-0.2, 0) is 35.6 Å². The van der Waals surface area contributed by atoms with Gasteiger partial charge in [0.2, 0.25) is 11.9 Å². The Hall–Kier alpha value is -5.88. The van der Waals surface area contributed by atoms with Crippen LogP contribution in [0.15, 0.2) is 54.7 Å². The third-order valence-corrected chi connectivity index (χ3v) is 9.90. The van der Waals surface area contributed by atoms with Crippen LogP contribution in [0, 0.1) is 11.8 Å². The fourth-order valence-electron chi connectivity index (χ4n) is 7.01. The minimum atomic E-state index is -4.61. The van der Waals surface area contributed by atoms with Crippen LogP contribution in [0.4, 0.5) is 35.3 Å². The van der Waals surface area contributed by atoms with E-state index in [4.69, 9.17) is 10.5 Å². The van der Waals surface area contributed by atoms with Gasteiger partial charge < -0.3 is 30.2 Å². The van der Waals surface area contributed by atoms with Gasteiger partial charge in [-0.1, -0.05) is 24.0 Å². The summed E-state index contributed by atoms with van der Waals surface area (Å²) < 4.78 is 50.0. The minimum absolute atomic E-state index is 0.000655. The highest BCUT2D eigenvalue weighted by Crippen LogP contribution is 2.39. The first kappa shape index (κ1) is 39.8. The molecule has 3 amide bonds. The Balaban J connectivity index is 1.18. The highest BCUT2D eigenvalue weighted by atomic mass is 19.4. The van der Waals surface area contributed by atoms with E-state index in [1.807, 2.05) is 11.6 Å². The Morgan fingerprint density at radius 3 is 2.46 bits per heavy atom. The topological polar surface area (TPSA) is 139 Å². The molecule has 0 bridgehead atoms. The van der Waals surface area contributed by atoms with Crippen LogP contribution in [0.3, 0.4) is 0 Å². The van der Waals surface area contributed by atoms with Crippen molar-refractivity contribution in [2.24, 2.45) is 7.05 Å². The van der Waals surface area contributed by atoms with E-state index in [0.29, 0.717) is 40.1 Å². The number of nitrogen functional groups attached to an aromatic ring is 1. The molecule has 15 heteroatoms. The molecule has 0 aliphatic carbocycles. The van der Waals surface area contributed by atoms with E-state index in [2.05, 4.69) is 32.0 Å².